The maximum atomic E-state index is 5.69. The van der Waals surface area contributed by atoms with Gasteiger partial charge >= 0.3 is 0 Å². The van der Waals surface area contributed by atoms with Crippen LogP contribution < -0.4 is 4.74 Å². The number of hydrogen-bond acceptors (Lipinski definition) is 4. The summed E-state index contributed by atoms with van der Waals surface area (Å²) in [5.41, 5.74) is 1.11. The Morgan fingerprint density at radius 1 is 1.00 bits per heavy atom. The van der Waals surface area contributed by atoms with Gasteiger partial charge in [-0.3, -0.25) is 0 Å². The van der Waals surface area contributed by atoms with Crippen LogP contribution in [-0.4, -0.2) is 16.8 Å². The van der Waals surface area contributed by atoms with Crippen LogP contribution in [0.5, 0.6) is 5.75 Å². The number of aromatic nitrogens is 2. The molecule has 1 heterocycles. The van der Waals surface area contributed by atoms with Crippen molar-refractivity contribution < 1.29 is 4.74 Å². The molecular weight excluding hydrogens is 304 g/mol. The first-order valence-corrected chi connectivity index (χ1v) is 9.35. The van der Waals surface area contributed by atoms with Gasteiger partial charge in [-0.15, -0.1) is 10.2 Å². The van der Waals surface area contributed by atoms with Crippen molar-refractivity contribution in [3.8, 4) is 16.3 Å². The molecular formula is C19H26N2OS. The van der Waals surface area contributed by atoms with E-state index in [4.69, 9.17) is 4.74 Å². The van der Waals surface area contributed by atoms with Gasteiger partial charge in [0.05, 0.1) is 0 Å². The molecule has 0 atom stereocenters. The topological polar surface area (TPSA) is 35.0 Å². The van der Waals surface area contributed by atoms with Crippen LogP contribution in [0.1, 0.15) is 51.0 Å². The van der Waals surface area contributed by atoms with E-state index in [1.165, 1.54) is 25.7 Å². The normalized spacial score (nSPS) is 11.2. The minimum atomic E-state index is 0.625. The average Bonchev–Trinajstić information content (AvgIpc) is 3.04. The highest BCUT2D eigenvalue weighted by molar-refractivity contribution is 7.14. The number of nitrogens with zero attached hydrogens (tertiary/aromatic N) is 2. The number of benzene rings is 1. The molecule has 23 heavy (non-hydrogen) atoms. The molecule has 0 amide bonds. The molecule has 0 unspecified atom stereocenters. The number of allylic oxidation sites excluding steroid dienone is 1. The molecule has 0 N–H and O–H groups in total. The summed E-state index contributed by atoms with van der Waals surface area (Å²) in [6, 6.07) is 8.12. The predicted octanol–water partition coefficient (Wildman–Crippen LogP) is 5.67. The van der Waals surface area contributed by atoms with Crippen LogP contribution in [0.2, 0.25) is 0 Å². The van der Waals surface area contributed by atoms with Crippen LogP contribution in [0.25, 0.3) is 10.6 Å². The van der Waals surface area contributed by atoms with E-state index < -0.39 is 0 Å². The number of unbranched alkanes of at least 4 members (excludes halogenated alkanes) is 3. The van der Waals surface area contributed by atoms with Gasteiger partial charge in [-0.2, -0.15) is 0 Å². The molecule has 2 rings (SSSR count). The zero-order chi connectivity index (χ0) is 16.3. The molecule has 4 heteroatoms. The largest absolute Gasteiger partial charge is 0.490 e. The minimum Gasteiger partial charge on any atom is -0.490 e. The van der Waals surface area contributed by atoms with Gasteiger partial charge in [0, 0.05) is 12.0 Å². The molecule has 0 radical (unpaired) electrons. The standard InChI is InChI=1S/C19H26N2OS/c1-3-5-7-9-15-22-17-13-11-16(12-14-17)19-21-20-18(23-19)10-8-6-4-2/h7,9,11-14H,3-6,8,10,15H2,1-2H3. The fourth-order valence-corrected chi connectivity index (χ4v) is 3.07. The lowest BCUT2D eigenvalue weighted by Crippen LogP contribution is -1.92. The van der Waals surface area contributed by atoms with Crippen molar-refractivity contribution in [2.45, 2.75) is 52.4 Å². The van der Waals surface area contributed by atoms with Gasteiger partial charge in [-0.25, -0.2) is 0 Å². The van der Waals surface area contributed by atoms with E-state index in [2.05, 4.69) is 48.3 Å². The first-order valence-electron chi connectivity index (χ1n) is 8.54. The maximum absolute atomic E-state index is 5.69. The molecule has 1 aromatic carbocycles. The van der Waals surface area contributed by atoms with Crippen molar-refractivity contribution in [3.05, 3.63) is 41.4 Å². The lowest BCUT2D eigenvalue weighted by molar-refractivity contribution is 0.362. The van der Waals surface area contributed by atoms with E-state index in [-0.39, 0.29) is 0 Å². The highest BCUT2D eigenvalue weighted by Crippen LogP contribution is 2.26. The molecule has 0 aliphatic heterocycles. The average molecular weight is 330 g/mol. The third-order valence-corrected chi connectivity index (χ3v) is 4.56. The fourth-order valence-electron chi connectivity index (χ4n) is 2.19. The maximum Gasteiger partial charge on any atom is 0.147 e. The van der Waals surface area contributed by atoms with Crippen LogP contribution in [-0.2, 0) is 6.42 Å². The molecule has 0 saturated carbocycles. The molecule has 3 nitrogen and oxygen atoms in total. The zero-order valence-corrected chi connectivity index (χ0v) is 14.9. The second kappa shape index (κ2) is 10.2. The summed E-state index contributed by atoms with van der Waals surface area (Å²) in [4.78, 5) is 0. The molecule has 0 spiro atoms. The van der Waals surface area contributed by atoms with Crippen molar-refractivity contribution in [1.29, 1.82) is 0 Å². The number of aryl methyl sites for hydroxylation is 1. The van der Waals surface area contributed by atoms with Crippen LogP contribution in [0.4, 0.5) is 0 Å². The van der Waals surface area contributed by atoms with Gasteiger partial charge in [-0.05, 0) is 37.1 Å². The molecule has 124 valence electrons. The molecule has 0 bridgehead atoms. The third kappa shape index (κ3) is 6.14. The van der Waals surface area contributed by atoms with Gasteiger partial charge in [0.1, 0.15) is 22.4 Å². The Morgan fingerprint density at radius 3 is 2.57 bits per heavy atom. The van der Waals surface area contributed by atoms with E-state index in [1.807, 2.05) is 12.1 Å². The van der Waals surface area contributed by atoms with Crippen molar-refractivity contribution in [2.24, 2.45) is 0 Å². The van der Waals surface area contributed by atoms with Gasteiger partial charge in [-0.1, -0.05) is 56.6 Å². The van der Waals surface area contributed by atoms with Gasteiger partial charge < -0.3 is 4.74 Å². The van der Waals surface area contributed by atoms with Crippen LogP contribution in [0.15, 0.2) is 36.4 Å². The van der Waals surface area contributed by atoms with Crippen molar-refractivity contribution in [3.63, 3.8) is 0 Å². The quantitative estimate of drug-likeness (QED) is 0.415. The fraction of sp³-hybridized carbons (Fsp3) is 0.474. The van der Waals surface area contributed by atoms with E-state index in [0.29, 0.717) is 6.61 Å². The second-order valence-corrected chi connectivity index (χ2v) is 6.62. The van der Waals surface area contributed by atoms with Gasteiger partial charge in [0.15, 0.2) is 0 Å². The number of ether oxygens (including phenoxy) is 1. The van der Waals surface area contributed by atoms with E-state index in [0.717, 1.165) is 34.2 Å². The van der Waals surface area contributed by atoms with Gasteiger partial charge in [0.2, 0.25) is 0 Å². The first-order chi connectivity index (χ1) is 11.3. The summed E-state index contributed by atoms with van der Waals surface area (Å²) >= 11 is 1.70. The van der Waals surface area contributed by atoms with Crippen molar-refractivity contribution >= 4 is 11.3 Å². The summed E-state index contributed by atoms with van der Waals surface area (Å²) in [5, 5.41) is 10.7. The van der Waals surface area contributed by atoms with E-state index >= 15 is 0 Å². The van der Waals surface area contributed by atoms with E-state index in [9.17, 15) is 0 Å². The Labute approximate surface area is 143 Å². The third-order valence-electron chi connectivity index (χ3n) is 3.53. The summed E-state index contributed by atoms with van der Waals surface area (Å²) < 4.78 is 5.69. The SMILES string of the molecule is CCCC=CCOc1ccc(-c2nnc(CCCCC)s2)cc1. The zero-order valence-electron chi connectivity index (χ0n) is 14.1. The lowest BCUT2D eigenvalue weighted by Gasteiger charge is -2.03. The highest BCUT2D eigenvalue weighted by Gasteiger charge is 2.06. The molecule has 1 aromatic heterocycles. The summed E-state index contributed by atoms with van der Waals surface area (Å²) in [7, 11) is 0. The Balaban J connectivity index is 1.86. The summed E-state index contributed by atoms with van der Waals surface area (Å²) in [5.74, 6) is 0.891. The summed E-state index contributed by atoms with van der Waals surface area (Å²) in [6.45, 7) is 5.01. The minimum absolute atomic E-state index is 0.625. The monoisotopic (exact) mass is 330 g/mol. The summed E-state index contributed by atoms with van der Waals surface area (Å²) in [6.07, 6.45) is 11.3. The van der Waals surface area contributed by atoms with Crippen molar-refractivity contribution in [2.75, 3.05) is 6.61 Å². The Hall–Kier alpha value is -1.68. The first kappa shape index (κ1) is 17.7. The second-order valence-electron chi connectivity index (χ2n) is 5.55. The molecule has 0 aliphatic carbocycles. The Kier molecular flexibility index (Phi) is 7.81. The number of rotatable bonds is 10. The Bertz CT molecular complexity index is 590. The highest BCUT2D eigenvalue weighted by atomic mass is 32.1. The smallest absolute Gasteiger partial charge is 0.147 e. The molecule has 2 aromatic rings. The lowest BCUT2D eigenvalue weighted by atomic mass is 10.2. The van der Waals surface area contributed by atoms with Crippen LogP contribution >= 0.6 is 11.3 Å². The van der Waals surface area contributed by atoms with E-state index in [1.54, 1.807) is 11.3 Å². The van der Waals surface area contributed by atoms with Crippen LogP contribution in [0.3, 0.4) is 0 Å². The predicted molar refractivity (Wildman–Crippen MR) is 98.1 cm³/mol. The number of hydrogen-bond donors (Lipinski definition) is 0. The Morgan fingerprint density at radius 2 is 1.83 bits per heavy atom. The molecule has 0 saturated heterocycles. The van der Waals surface area contributed by atoms with Crippen LogP contribution in [0, 0.1) is 0 Å². The van der Waals surface area contributed by atoms with Gasteiger partial charge in [0.25, 0.3) is 0 Å². The van der Waals surface area contributed by atoms with Crippen molar-refractivity contribution in [1.82, 2.24) is 10.2 Å². The molecule has 0 aliphatic rings. The molecule has 0 fully saturated rings.